The van der Waals surface area contributed by atoms with Gasteiger partial charge in [0, 0.05) is 22.7 Å². The Morgan fingerprint density at radius 1 is 1.21 bits per heavy atom. The summed E-state index contributed by atoms with van der Waals surface area (Å²) in [5.41, 5.74) is 6.62. The zero-order valence-electron chi connectivity index (χ0n) is 13.7. The standard InChI is InChI=1S/C19H19N3O2/c1-13-5-3-8-18(14(13)2)24-12-19(23)22-21-11-15-6-4-7-17-16(15)9-10-20-17/h3-11,20H,12H2,1-2H3,(H,22,23). The number of hydrogen-bond acceptors (Lipinski definition) is 3. The predicted octanol–water partition coefficient (Wildman–Crippen LogP) is 3.31. The fraction of sp³-hybridized carbons (Fsp3) is 0.158. The largest absolute Gasteiger partial charge is 0.483 e. The summed E-state index contributed by atoms with van der Waals surface area (Å²) < 4.78 is 5.55. The Morgan fingerprint density at radius 3 is 2.92 bits per heavy atom. The highest BCUT2D eigenvalue weighted by atomic mass is 16.5. The molecular formula is C19H19N3O2. The Kier molecular flexibility index (Phi) is 4.61. The molecule has 122 valence electrons. The average Bonchev–Trinajstić information content (AvgIpc) is 3.06. The molecule has 0 aliphatic carbocycles. The molecule has 0 saturated heterocycles. The van der Waals surface area contributed by atoms with E-state index < -0.39 is 0 Å². The fourth-order valence-electron chi connectivity index (χ4n) is 2.45. The molecule has 1 amide bonds. The number of aromatic nitrogens is 1. The van der Waals surface area contributed by atoms with E-state index in [0.29, 0.717) is 5.75 Å². The highest BCUT2D eigenvalue weighted by Crippen LogP contribution is 2.20. The number of H-pyrrole nitrogens is 1. The maximum absolute atomic E-state index is 11.9. The Hall–Kier alpha value is -3.08. The zero-order valence-corrected chi connectivity index (χ0v) is 13.7. The van der Waals surface area contributed by atoms with Gasteiger partial charge in [0.25, 0.3) is 5.91 Å². The number of carbonyl (C=O) groups is 1. The first-order valence-electron chi connectivity index (χ1n) is 7.72. The maximum atomic E-state index is 11.9. The van der Waals surface area contributed by atoms with Gasteiger partial charge in [-0.1, -0.05) is 24.3 Å². The monoisotopic (exact) mass is 321 g/mol. The minimum absolute atomic E-state index is 0.0734. The molecule has 1 aromatic heterocycles. The van der Waals surface area contributed by atoms with Crippen molar-refractivity contribution in [3.63, 3.8) is 0 Å². The van der Waals surface area contributed by atoms with Gasteiger partial charge in [0.2, 0.25) is 0 Å². The SMILES string of the molecule is Cc1cccc(OCC(=O)NN=Cc2cccc3[nH]ccc23)c1C. The molecule has 0 aliphatic heterocycles. The van der Waals surface area contributed by atoms with Crippen LogP contribution in [0.5, 0.6) is 5.75 Å². The van der Waals surface area contributed by atoms with Crippen LogP contribution in [0.4, 0.5) is 0 Å². The van der Waals surface area contributed by atoms with E-state index in [9.17, 15) is 4.79 Å². The minimum Gasteiger partial charge on any atom is -0.483 e. The van der Waals surface area contributed by atoms with Crippen molar-refractivity contribution in [3.05, 3.63) is 65.4 Å². The third-order valence-electron chi connectivity index (χ3n) is 3.94. The first kappa shape index (κ1) is 15.8. The number of rotatable bonds is 5. The normalized spacial score (nSPS) is 11.1. The molecule has 0 bridgehead atoms. The van der Waals surface area contributed by atoms with Crippen molar-refractivity contribution in [1.29, 1.82) is 0 Å². The van der Waals surface area contributed by atoms with Crippen LogP contribution in [0, 0.1) is 13.8 Å². The molecule has 5 nitrogen and oxygen atoms in total. The maximum Gasteiger partial charge on any atom is 0.277 e. The van der Waals surface area contributed by atoms with E-state index in [2.05, 4.69) is 15.5 Å². The number of aryl methyl sites for hydroxylation is 1. The summed E-state index contributed by atoms with van der Waals surface area (Å²) in [6.07, 6.45) is 3.50. The lowest BCUT2D eigenvalue weighted by Gasteiger charge is -2.09. The average molecular weight is 321 g/mol. The first-order valence-corrected chi connectivity index (χ1v) is 7.72. The second-order valence-corrected chi connectivity index (χ2v) is 5.57. The molecule has 0 fully saturated rings. The van der Waals surface area contributed by atoms with Gasteiger partial charge < -0.3 is 9.72 Å². The van der Waals surface area contributed by atoms with Gasteiger partial charge in [0.1, 0.15) is 5.75 Å². The molecule has 2 N–H and O–H groups in total. The van der Waals surface area contributed by atoms with Crippen molar-refractivity contribution in [2.24, 2.45) is 5.10 Å². The molecule has 0 unspecified atom stereocenters. The molecule has 0 aliphatic rings. The van der Waals surface area contributed by atoms with Crippen LogP contribution >= 0.6 is 0 Å². The Morgan fingerprint density at radius 2 is 2.04 bits per heavy atom. The molecule has 3 aromatic rings. The molecule has 5 heteroatoms. The number of nitrogens with zero attached hydrogens (tertiary/aromatic N) is 1. The molecule has 0 radical (unpaired) electrons. The van der Waals surface area contributed by atoms with Crippen LogP contribution < -0.4 is 10.2 Å². The van der Waals surface area contributed by atoms with Crippen LogP contribution in [0.2, 0.25) is 0 Å². The van der Waals surface area contributed by atoms with Crippen LogP contribution in [-0.4, -0.2) is 23.7 Å². The lowest BCUT2D eigenvalue weighted by Crippen LogP contribution is -2.24. The van der Waals surface area contributed by atoms with Crippen LogP contribution in [0.3, 0.4) is 0 Å². The molecule has 3 rings (SSSR count). The van der Waals surface area contributed by atoms with Gasteiger partial charge in [0.15, 0.2) is 6.61 Å². The zero-order chi connectivity index (χ0) is 16.9. The van der Waals surface area contributed by atoms with Crippen LogP contribution in [-0.2, 0) is 4.79 Å². The summed E-state index contributed by atoms with van der Waals surface area (Å²) in [5, 5.41) is 5.06. The third kappa shape index (κ3) is 3.46. The molecule has 1 heterocycles. The van der Waals surface area contributed by atoms with Gasteiger partial charge in [-0.3, -0.25) is 4.79 Å². The van der Waals surface area contributed by atoms with E-state index in [-0.39, 0.29) is 12.5 Å². The van der Waals surface area contributed by atoms with Gasteiger partial charge in [0.05, 0.1) is 6.21 Å². The van der Waals surface area contributed by atoms with E-state index in [1.807, 2.05) is 62.5 Å². The van der Waals surface area contributed by atoms with Crippen LogP contribution in [0.25, 0.3) is 10.9 Å². The van der Waals surface area contributed by atoms with Crippen LogP contribution in [0.15, 0.2) is 53.8 Å². The number of aromatic amines is 1. The summed E-state index contributed by atoms with van der Waals surface area (Å²) in [7, 11) is 0. The van der Waals surface area contributed by atoms with E-state index >= 15 is 0 Å². The van der Waals surface area contributed by atoms with E-state index in [1.165, 1.54) is 0 Å². The predicted molar refractivity (Wildman–Crippen MR) is 95.4 cm³/mol. The van der Waals surface area contributed by atoms with Gasteiger partial charge >= 0.3 is 0 Å². The van der Waals surface area contributed by atoms with Gasteiger partial charge in [-0.05, 0) is 43.2 Å². The molecular weight excluding hydrogens is 302 g/mol. The van der Waals surface area contributed by atoms with Gasteiger partial charge in [-0.15, -0.1) is 0 Å². The third-order valence-corrected chi connectivity index (χ3v) is 3.94. The van der Waals surface area contributed by atoms with E-state index in [1.54, 1.807) is 6.21 Å². The van der Waals surface area contributed by atoms with E-state index in [0.717, 1.165) is 27.6 Å². The lowest BCUT2D eigenvalue weighted by molar-refractivity contribution is -0.123. The quantitative estimate of drug-likeness (QED) is 0.559. The highest BCUT2D eigenvalue weighted by molar-refractivity contribution is 5.98. The second kappa shape index (κ2) is 7.00. The molecule has 2 aromatic carbocycles. The minimum atomic E-state index is -0.298. The number of hydrogen-bond donors (Lipinski definition) is 2. The smallest absolute Gasteiger partial charge is 0.277 e. The summed E-state index contributed by atoms with van der Waals surface area (Å²) in [4.78, 5) is 15.0. The molecule has 0 spiro atoms. The van der Waals surface area contributed by atoms with Crippen molar-refractivity contribution in [2.75, 3.05) is 6.61 Å². The number of nitrogens with one attached hydrogen (secondary N) is 2. The summed E-state index contributed by atoms with van der Waals surface area (Å²) >= 11 is 0. The van der Waals surface area contributed by atoms with Gasteiger partial charge in [-0.2, -0.15) is 5.10 Å². The van der Waals surface area contributed by atoms with Crippen molar-refractivity contribution >= 4 is 23.0 Å². The number of benzene rings is 2. The second-order valence-electron chi connectivity index (χ2n) is 5.57. The van der Waals surface area contributed by atoms with Crippen LogP contribution in [0.1, 0.15) is 16.7 Å². The summed E-state index contributed by atoms with van der Waals surface area (Å²) in [6.45, 7) is 3.91. The molecule has 0 saturated carbocycles. The Bertz CT molecular complexity index is 897. The number of hydrazone groups is 1. The van der Waals surface area contributed by atoms with Crippen molar-refractivity contribution in [1.82, 2.24) is 10.4 Å². The lowest BCUT2D eigenvalue weighted by atomic mass is 10.1. The van der Waals surface area contributed by atoms with Gasteiger partial charge in [-0.25, -0.2) is 5.43 Å². The summed E-state index contributed by atoms with van der Waals surface area (Å²) in [6, 6.07) is 13.6. The van der Waals surface area contributed by atoms with Crippen molar-refractivity contribution in [3.8, 4) is 5.75 Å². The summed E-state index contributed by atoms with van der Waals surface area (Å²) in [5.74, 6) is 0.416. The highest BCUT2D eigenvalue weighted by Gasteiger charge is 2.05. The Labute approximate surface area is 140 Å². The topological polar surface area (TPSA) is 66.5 Å². The number of amides is 1. The number of carbonyl (C=O) groups excluding carboxylic acids is 1. The molecule has 0 atom stereocenters. The number of fused-ring (bicyclic) bond motifs is 1. The molecule has 24 heavy (non-hydrogen) atoms. The first-order chi connectivity index (χ1) is 11.6. The van der Waals surface area contributed by atoms with Crippen molar-refractivity contribution < 1.29 is 9.53 Å². The number of ether oxygens (including phenoxy) is 1. The van der Waals surface area contributed by atoms with E-state index in [4.69, 9.17) is 4.74 Å². The van der Waals surface area contributed by atoms with Crippen molar-refractivity contribution in [2.45, 2.75) is 13.8 Å². The Balaban J connectivity index is 1.57. The fourth-order valence-corrected chi connectivity index (χ4v) is 2.45.